The molecule has 3 aromatic rings. The van der Waals surface area contributed by atoms with Crippen LogP contribution in [-0.4, -0.2) is 71.4 Å². The van der Waals surface area contributed by atoms with Crippen LogP contribution in [0.15, 0.2) is 41.3 Å². The molecule has 11 heteroatoms. The van der Waals surface area contributed by atoms with Gasteiger partial charge in [-0.05, 0) is 45.3 Å². The van der Waals surface area contributed by atoms with Crippen molar-refractivity contribution in [3.63, 3.8) is 0 Å². The molecule has 0 radical (unpaired) electrons. The van der Waals surface area contributed by atoms with Gasteiger partial charge in [-0.3, -0.25) is 9.69 Å². The number of fused-ring (bicyclic) bond motifs is 1. The highest BCUT2D eigenvalue weighted by atomic mass is 35.5. The van der Waals surface area contributed by atoms with Crippen molar-refractivity contribution in [1.29, 1.82) is 0 Å². The summed E-state index contributed by atoms with van der Waals surface area (Å²) in [6.07, 6.45) is 0. The first-order valence-corrected chi connectivity index (χ1v) is 12.4. The van der Waals surface area contributed by atoms with Crippen LogP contribution in [0.2, 0.25) is 0 Å². The number of methoxy groups -OCH3 is 2. The maximum absolute atomic E-state index is 13.2. The largest absolute Gasteiger partial charge is 0.495 e. The molecule has 0 atom stereocenters. The molecule has 1 heterocycles. The van der Waals surface area contributed by atoms with Crippen LogP contribution in [-0.2, 0) is 14.6 Å². The van der Waals surface area contributed by atoms with E-state index in [4.69, 9.17) is 9.47 Å². The number of carbonyl (C=O) groups excluding carboxylic acids is 1. The van der Waals surface area contributed by atoms with Gasteiger partial charge in [-0.15, -0.1) is 12.4 Å². The second-order valence-corrected chi connectivity index (χ2v) is 10.5. The number of anilines is 1. The Bertz CT molecular complexity index is 1170. The Morgan fingerprint density at radius 2 is 1.61 bits per heavy atom. The maximum atomic E-state index is 13.2. The van der Waals surface area contributed by atoms with Crippen LogP contribution in [0.5, 0.6) is 11.5 Å². The summed E-state index contributed by atoms with van der Waals surface area (Å²) < 4.78 is 37.3. The fourth-order valence-electron chi connectivity index (χ4n) is 3.09. The number of amides is 1. The molecule has 8 nitrogen and oxygen atoms in total. The number of hydrogen-bond donors (Lipinski definition) is 0. The second kappa shape index (κ2) is 11.1. The number of thiazole rings is 1. The number of benzene rings is 2. The molecule has 0 spiro atoms. The zero-order valence-corrected chi connectivity index (χ0v) is 21.6. The third-order valence-electron chi connectivity index (χ3n) is 4.90. The van der Waals surface area contributed by atoms with E-state index in [0.29, 0.717) is 35.2 Å². The lowest BCUT2D eigenvalue weighted by molar-refractivity contribution is -0.116. The lowest BCUT2D eigenvalue weighted by Gasteiger charge is -2.22. The van der Waals surface area contributed by atoms with Crippen molar-refractivity contribution in [3.8, 4) is 11.5 Å². The topological polar surface area (TPSA) is 89.0 Å². The number of carbonyl (C=O) groups is 1. The summed E-state index contributed by atoms with van der Waals surface area (Å²) in [6.45, 7) is 2.71. The van der Waals surface area contributed by atoms with Crippen LogP contribution < -0.4 is 14.4 Å². The molecular formula is C22H28ClN3O5S2. The molecule has 3 rings (SSSR count). The average Bonchev–Trinajstić information content (AvgIpc) is 3.18. The highest BCUT2D eigenvalue weighted by Gasteiger charge is 2.27. The molecule has 33 heavy (non-hydrogen) atoms. The Hall–Kier alpha value is -2.40. The number of likely N-dealkylation sites (N-methyl/N-ethyl adjacent to an activating group) is 1. The number of halogens is 1. The molecule has 180 valence electrons. The molecule has 0 aliphatic carbocycles. The fraction of sp³-hybridized carbons (Fsp3) is 0.364. The lowest BCUT2D eigenvalue weighted by atomic mass is 10.2. The van der Waals surface area contributed by atoms with Crippen molar-refractivity contribution in [2.24, 2.45) is 0 Å². The van der Waals surface area contributed by atoms with Gasteiger partial charge in [-0.25, -0.2) is 13.4 Å². The predicted octanol–water partition coefficient (Wildman–Crippen LogP) is 3.41. The van der Waals surface area contributed by atoms with Gasteiger partial charge in [-0.2, -0.15) is 0 Å². The van der Waals surface area contributed by atoms with Crippen molar-refractivity contribution in [3.05, 3.63) is 42.0 Å². The lowest BCUT2D eigenvalue weighted by Crippen LogP contribution is -2.40. The summed E-state index contributed by atoms with van der Waals surface area (Å²) >= 11 is 1.27. The minimum atomic E-state index is -3.80. The Kier molecular flexibility index (Phi) is 9.07. The number of aryl methyl sites for hydroxylation is 1. The minimum absolute atomic E-state index is 0. The SMILES string of the molecule is COc1ccc(OC)c2sc(N(CCN(C)C)C(=O)CS(=O)(=O)c3ccc(C)cc3)nc12.Cl. The fourth-order valence-corrected chi connectivity index (χ4v) is 5.40. The quantitative estimate of drug-likeness (QED) is 0.433. The number of aromatic nitrogens is 1. The number of nitrogens with zero attached hydrogens (tertiary/aromatic N) is 3. The Labute approximate surface area is 204 Å². The Morgan fingerprint density at radius 3 is 2.18 bits per heavy atom. The summed E-state index contributed by atoms with van der Waals surface area (Å²) in [7, 11) is 3.07. The molecule has 0 fully saturated rings. The number of sulfone groups is 1. The van der Waals surface area contributed by atoms with Gasteiger partial charge in [0.15, 0.2) is 15.0 Å². The van der Waals surface area contributed by atoms with Crippen molar-refractivity contribution in [2.45, 2.75) is 11.8 Å². The van der Waals surface area contributed by atoms with Gasteiger partial charge in [0.05, 0.1) is 19.1 Å². The predicted molar refractivity (Wildman–Crippen MR) is 134 cm³/mol. The molecular weight excluding hydrogens is 486 g/mol. The van der Waals surface area contributed by atoms with Gasteiger partial charge in [0.2, 0.25) is 5.91 Å². The molecule has 0 saturated carbocycles. The standard InChI is InChI=1S/C22H27N3O5S2.ClH/c1-15-6-8-16(9-7-15)32(27,28)14-19(26)25(13-12-24(2)3)22-23-20-17(29-4)10-11-18(30-5)21(20)31-22;/h6-11H,12-14H2,1-5H3;1H. The van der Waals surface area contributed by atoms with E-state index in [1.54, 1.807) is 38.5 Å². The number of ether oxygens (including phenoxy) is 2. The highest BCUT2D eigenvalue weighted by Crippen LogP contribution is 2.40. The van der Waals surface area contributed by atoms with E-state index in [1.165, 1.54) is 28.4 Å². The van der Waals surface area contributed by atoms with Gasteiger partial charge in [-0.1, -0.05) is 29.0 Å². The van der Waals surface area contributed by atoms with E-state index >= 15 is 0 Å². The zero-order chi connectivity index (χ0) is 23.5. The second-order valence-electron chi connectivity index (χ2n) is 7.57. The molecule has 0 aliphatic heterocycles. The summed E-state index contributed by atoms with van der Waals surface area (Å²) in [5.41, 5.74) is 1.51. The molecule has 0 N–H and O–H groups in total. The monoisotopic (exact) mass is 513 g/mol. The first-order chi connectivity index (χ1) is 15.2. The van der Waals surface area contributed by atoms with E-state index < -0.39 is 21.5 Å². The van der Waals surface area contributed by atoms with Crippen molar-refractivity contribution in [1.82, 2.24) is 9.88 Å². The average molecular weight is 514 g/mol. The maximum Gasteiger partial charge on any atom is 0.244 e. The molecule has 1 aromatic heterocycles. The van der Waals surface area contributed by atoms with Gasteiger partial charge >= 0.3 is 0 Å². The third-order valence-corrected chi connectivity index (χ3v) is 7.61. The normalized spacial score (nSPS) is 11.3. The smallest absolute Gasteiger partial charge is 0.244 e. The minimum Gasteiger partial charge on any atom is -0.495 e. The van der Waals surface area contributed by atoms with Crippen LogP contribution >= 0.6 is 23.7 Å². The Balaban J connectivity index is 0.00000385. The summed E-state index contributed by atoms with van der Waals surface area (Å²) in [4.78, 5) is 21.3. The van der Waals surface area contributed by atoms with Crippen LogP contribution in [0.1, 0.15) is 5.56 Å². The van der Waals surface area contributed by atoms with Gasteiger partial charge < -0.3 is 14.4 Å². The first-order valence-electron chi connectivity index (χ1n) is 9.92. The molecule has 1 amide bonds. The van der Waals surface area contributed by atoms with Gasteiger partial charge in [0.25, 0.3) is 0 Å². The summed E-state index contributed by atoms with van der Waals surface area (Å²) in [6, 6.07) is 10.0. The summed E-state index contributed by atoms with van der Waals surface area (Å²) in [5.74, 6) is -0.0231. The van der Waals surface area contributed by atoms with Crippen LogP contribution in [0.25, 0.3) is 10.2 Å². The molecule has 2 aromatic carbocycles. The number of rotatable bonds is 9. The van der Waals surface area contributed by atoms with Gasteiger partial charge in [0, 0.05) is 13.1 Å². The zero-order valence-electron chi connectivity index (χ0n) is 19.2. The van der Waals surface area contributed by atoms with Crippen LogP contribution in [0, 0.1) is 6.92 Å². The van der Waals surface area contributed by atoms with E-state index in [9.17, 15) is 13.2 Å². The molecule has 0 aliphatic rings. The van der Waals surface area contributed by atoms with E-state index in [2.05, 4.69) is 4.98 Å². The van der Waals surface area contributed by atoms with Crippen LogP contribution in [0.3, 0.4) is 0 Å². The first kappa shape index (κ1) is 26.8. The molecule has 0 unspecified atom stereocenters. The van der Waals surface area contributed by atoms with Crippen molar-refractivity contribution < 1.29 is 22.7 Å². The number of hydrogen-bond acceptors (Lipinski definition) is 8. The van der Waals surface area contributed by atoms with Gasteiger partial charge in [0.1, 0.15) is 27.5 Å². The van der Waals surface area contributed by atoms with Crippen LogP contribution in [0.4, 0.5) is 5.13 Å². The van der Waals surface area contributed by atoms with E-state index in [0.717, 1.165) is 10.3 Å². The van der Waals surface area contributed by atoms with E-state index in [-0.39, 0.29) is 17.3 Å². The van der Waals surface area contributed by atoms with Crippen molar-refractivity contribution in [2.75, 3.05) is 52.1 Å². The van der Waals surface area contributed by atoms with E-state index in [1.807, 2.05) is 25.9 Å². The molecule has 0 bridgehead atoms. The van der Waals surface area contributed by atoms with Crippen molar-refractivity contribution >= 4 is 54.8 Å². The summed E-state index contributed by atoms with van der Waals surface area (Å²) in [5, 5.41) is 0.397. The highest BCUT2D eigenvalue weighted by molar-refractivity contribution is 7.92. The molecule has 0 saturated heterocycles. The third kappa shape index (κ3) is 6.14. The Morgan fingerprint density at radius 1 is 1.00 bits per heavy atom.